The van der Waals surface area contributed by atoms with Crippen LogP contribution < -0.4 is 5.32 Å². The van der Waals surface area contributed by atoms with Gasteiger partial charge in [-0.05, 0) is 49.9 Å². The molecule has 0 amide bonds. The van der Waals surface area contributed by atoms with Crippen LogP contribution in [-0.2, 0) is 11.2 Å². The van der Waals surface area contributed by atoms with Crippen LogP contribution in [0.5, 0.6) is 0 Å². The molecule has 2 nitrogen and oxygen atoms in total. The van der Waals surface area contributed by atoms with Crippen LogP contribution in [0.3, 0.4) is 0 Å². The fourth-order valence-electron chi connectivity index (χ4n) is 2.40. The number of alkyl halides is 3. The van der Waals surface area contributed by atoms with E-state index in [2.05, 4.69) is 31.3 Å². The van der Waals surface area contributed by atoms with Gasteiger partial charge >= 0.3 is 6.18 Å². The first kappa shape index (κ1) is 18.0. The Morgan fingerprint density at radius 2 is 1.81 bits per heavy atom. The van der Waals surface area contributed by atoms with Gasteiger partial charge in [0.1, 0.15) is 6.61 Å². The second-order valence-corrected chi connectivity index (χ2v) is 5.29. The summed E-state index contributed by atoms with van der Waals surface area (Å²) in [4.78, 5) is 0. The number of rotatable bonds is 8. The average molecular weight is 303 g/mol. The van der Waals surface area contributed by atoms with Gasteiger partial charge in [-0.1, -0.05) is 25.1 Å². The Bertz CT molecular complexity index is 412. The van der Waals surface area contributed by atoms with E-state index in [-0.39, 0.29) is 12.6 Å². The molecule has 0 radical (unpaired) electrons. The Balaban J connectivity index is 2.53. The third-order valence-corrected chi connectivity index (χ3v) is 3.46. The predicted molar refractivity (Wildman–Crippen MR) is 78.6 cm³/mol. The number of halogens is 3. The molecule has 0 spiro atoms. The van der Waals surface area contributed by atoms with E-state index in [1.54, 1.807) is 0 Å². The largest absolute Gasteiger partial charge is 0.411 e. The molecule has 0 fully saturated rings. The summed E-state index contributed by atoms with van der Waals surface area (Å²) in [6.07, 6.45) is -2.88. The van der Waals surface area contributed by atoms with Gasteiger partial charge in [0, 0.05) is 12.6 Å². The maximum absolute atomic E-state index is 12.0. The van der Waals surface area contributed by atoms with Gasteiger partial charge < -0.3 is 10.1 Å². The molecule has 0 bridgehead atoms. The molecule has 120 valence electrons. The van der Waals surface area contributed by atoms with Crippen LogP contribution in [0.2, 0.25) is 0 Å². The lowest BCUT2D eigenvalue weighted by molar-refractivity contribution is -0.174. The highest BCUT2D eigenvalue weighted by Crippen LogP contribution is 2.17. The topological polar surface area (TPSA) is 21.3 Å². The van der Waals surface area contributed by atoms with Crippen LogP contribution in [-0.4, -0.2) is 32.0 Å². The first-order valence-electron chi connectivity index (χ1n) is 7.26. The number of aryl methyl sites for hydroxylation is 2. The van der Waals surface area contributed by atoms with Crippen molar-refractivity contribution in [3.8, 4) is 0 Å². The second kappa shape index (κ2) is 8.39. The number of hydrogen-bond donors (Lipinski definition) is 1. The molecular weight excluding hydrogens is 279 g/mol. The normalized spacial score (nSPS) is 13.4. The minimum absolute atomic E-state index is 0.113. The van der Waals surface area contributed by atoms with E-state index in [4.69, 9.17) is 4.74 Å². The summed E-state index contributed by atoms with van der Waals surface area (Å²) in [5.74, 6) is 0. The van der Waals surface area contributed by atoms with E-state index >= 15 is 0 Å². The van der Waals surface area contributed by atoms with E-state index in [0.29, 0.717) is 6.42 Å². The molecule has 1 atom stereocenters. The van der Waals surface area contributed by atoms with Crippen molar-refractivity contribution in [2.24, 2.45) is 0 Å². The van der Waals surface area contributed by atoms with E-state index < -0.39 is 12.8 Å². The zero-order valence-electron chi connectivity index (χ0n) is 12.9. The van der Waals surface area contributed by atoms with Crippen LogP contribution in [0, 0.1) is 13.8 Å². The third kappa shape index (κ3) is 6.96. The molecule has 0 saturated carbocycles. The summed E-state index contributed by atoms with van der Waals surface area (Å²) in [6, 6.07) is 6.27. The first-order chi connectivity index (χ1) is 9.83. The molecule has 0 aliphatic rings. The Morgan fingerprint density at radius 1 is 1.19 bits per heavy atom. The van der Waals surface area contributed by atoms with Crippen molar-refractivity contribution in [2.45, 2.75) is 45.8 Å². The van der Waals surface area contributed by atoms with Crippen molar-refractivity contribution in [3.63, 3.8) is 0 Å². The standard InChI is InChI=1S/C16H24F3NO/c1-4-20-14(8-9-21-11-16(17,18)19)10-15-12(2)6-5-7-13(15)3/h5-7,14,20H,4,8-11H2,1-3H3. The molecule has 0 aromatic heterocycles. The zero-order chi connectivity index (χ0) is 15.9. The average Bonchev–Trinajstić information content (AvgIpc) is 2.38. The fourth-order valence-corrected chi connectivity index (χ4v) is 2.40. The van der Waals surface area contributed by atoms with Gasteiger partial charge in [-0.15, -0.1) is 0 Å². The Kier molecular flexibility index (Phi) is 7.18. The van der Waals surface area contributed by atoms with E-state index in [1.165, 1.54) is 16.7 Å². The molecule has 0 aliphatic heterocycles. The summed E-state index contributed by atoms with van der Waals surface area (Å²) in [6.45, 7) is 5.84. The lowest BCUT2D eigenvalue weighted by Gasteiger charge is -2.20. The molecule has 21 heavy (non-hydrogen) atoms. The van der Waals surface area contributed by atoms with Crippen molar-refractivity contribution >= 4 is 0 Å². The Hall–Kier alpha value is -1.07. The minimum Gasteiger partial charge on any atom is -0.372 e. The molecule has 1 rings (SSSR count). The maximum atomic E-state index is 12.0. The first-order valence-corrected chi connectivity index (χ1v) is 7.26. The molecule has 1 N–H and O–H groups in total. The Labute approximate surface area is 124 Å². The molecule has 0 saturated heterocycles. The molecular formula is C16H24F3NO. The van der Waals surface area contributed by atoms with Crippen molar-refractivity contribution in [1.82, 2.24) is 5.32 Å². The lowest BCUT2D eigenvalue weighted by atomic mass is 9.95. The van der Waals surface area contributed by atoms with Gasteiger partial charge in [0.25, 0.3) is 0 Å². The summed E-state index contributed by atoms with van der Waals surface area (Å²) in [7, 11) is 0. The van der Waals surface area contributed by atoms with E-state index in [9.17, 15) is 13.2 Å². The quantitative estimate of drug-likeness (QED) is 0.738. The van der Waals surface area contributed by atoms with E-state index in [0.717, 1.165) is 13.0 Å². The SMILES string of the molecule is CCNC(CCOCC(F)(F)F)Cc1c(C)cccc1C. The van der Waals surface area contributed by atoms with Gasteiger partial charge in [-0.25, -0.2) is 0 Å². The molecule has 0 heterocycles. The molecule has 5 heteroatoms. The zero-order valence-corrected chi connectivity index (χ0v) is 12.9. The van der Waals surface area contributed by atoms with E-state index in [1.807, 2.05) is 13.0 Å². The third-order valence-electron chi connectivity index (χ3n) is 3.46. The predicted octanol–water partition coefficient (Wildman–Crippen LogP) is 3.79. The van der Waals surface area contributed by atoms with Crippen LogP contribution in [0.15, 0.2) is 18.2 Å². The number of likely N-dealkylation sites (N-methyl/N-ethyl adjacent to an activating group) is 1. The monoisotopic (exact) mass is 303 g/mol. The van der Waals surface area contributed by atoms with Gasteiger partial charge in [0.15, 0.2) is 0 Å². The molecule has 1 unspecified atom stereocenters. The van der Waals surface area contributed by atoms with Gasteiger partial charge in [0.05, 0.1) is 0 Å². The van der Waals surface area contributed by atoms with Crippen LogP contribution in [0.25, 0.3) is 0 Å². The number of hydrogen-bond acceptors (Lipinski definition) is 2. The number of benzene rings is 1. The highest BCUT2D eigenvalue weighted by Gasteiger charge is 2.27. The van der Waals surface area contributed by atoms with Crippen LogP contribution >= 0.6 is 0 Å². The van der Waals surface area contributed by atoms with Crippen LogP contribution in [0.4, 0.5) is 13.2 Å². The smallest absolute Gasteiger partial charge is 0.372 e. The van der Waals surface area contributed by atoms with Crippen LogP contribution in [0.1, 0.15) is 30.0 Å². The maximum Gasteiger partial charge on any atom is 0.411 e. The summed E-state index contributed by atoms with van der Waals surface area (Å²) in [5, 5.41) is 3.32. The Morgan fingerprint density at radius 3 is 2.33 bits per heavy atom. The summed E-state index contributed by atoms with van der Waals surface area (Å²) >= 11 is 0. The molecule has 1 aromatic rings. The molecule has 1 aromatic carbocycles. The fraction of sp³-hybridized carbons (Fsp3) is 0.625. The van der Waals surface area contributed by atoms with Crippen molar-refractivity contribution in [3.05, 3.63) is 34.9 Å². The minimum atomic E-state index is -4.25. The highest BCUT2D eigenvalue weighted by molar-refractivity contribution is 5.34. The van der Waals surface area contributed by atoms with Gasteiger partial charge in [-0.2, -0.15) is 13.2 Å². The second-order valence-electron chi connectivity index (χ2n) is 5.29. The molecule has 0 aliphatic carbocycles. The van der Waals surface area contributed by atoms with Gasteiger partial charge in [-0.3, -0.25) is 0 Å². The summed E-state index contributed by atoms with van der Waals surface area (Å²) < 4.78 is 40.8. The van der Waals surface area contributed by atoms with Crippen molar-refractivity contribution < 1.29 is 17.9 Å². The van der Waals surface area contributed by atoms with Crippen molar-refractivity contribution in [1.29, 1.82) is 0 Å². The number of nitrogens with one attached hydrogen (secondary N) is 1. The number of ether oxygens (including phenoxy) is 1. The van der Waals surface area contributed by atoms with Crippen molar-refractivity contribution in [2.75, 3.05) is 19.8 Å². The van der Waals surface area contributed by atoms with Gasteiger partial charge in [0.2, 0.25) is 0 Å². The lowest BCUT2D eigenvalue weighted by Crippen LogP contribution is -2.33. The highest BCUT2D eigenvalue weighted by atomic mass is 19.4. The summed E-state index contributed by atoms with van der Waals surface area (Å²) in [5.41, 5.74) is 3.70.